The molecule has 1 aliphatic carbocycles. The van der Waals surface area contributed by atoms with Crippen molar-refractivity contribution in [1.29, 1.82) is 0 Å². The molecule has 100 valence electrons. The number of hydrogen-bond acceptors (Lipinski definition) is 1. The van der Waals surface area contributed by atoms with Gasteiger partial charge in [0.15, 0.2) is 0 Å². The lowest BCUT2D eigenvalue weighted by molar-refractivity contribution is -0.0510. The molecule has 1 heterocycles. The molecule has 0 N–H and O–H groups in total. The van der Waals surface area contributed by atoms with Gasteiger partial charge in [-0.15, -0.1) is 11.6 Å². The van der Waals surface area contributed by atoms with E-state index in [9.17, 15) is 0 Å². The van der Waals surface area contributed by atoms with Crippen molar-refractivity contribution >= 4 is 11.6 Å². The number of ether oxygens (including phenoxy) is 1. The standard InChI is InChI=1S/C15H27ClO/c1-12(16)10-14(2,3)11-13-6-9-15(17-13)7-4-5-8-15/h12-13H,4-11H2,1-3H3. The van der Waals surface area contributed by atoms with E-state index in [1.54, 1.807) is 0 Å². The molecule has 2 fully saturated rings. The summed E-state index contributed by atoms with van der Waals surface area (Å²) in [5.74, 6) is 0. The van der Waals surface area contributed by atoms with E-state index in [-0.39, 0.29) is 11.0 Å². The Labute approximate surface area is 111 Å². The summed E-state index contributed by atoms with van der Waals surface area (Å²) in [6.45, 7) is 6.75. The number of hydrogen-bond donors (Lipinski definition) is 0. The van der Waals surface area contributed by atoms with Gasteiger partial charge in [0, 0.05) is 5.38 Å². The molecule has 2 atom stereocenters. The summed E-state index contributed by atoms with van der Waals surface area (Å²) in [5, 5.41) is 0.270. The largest absolute Gasteiger partial charge is 0.372 e. The van der Waals surface area contributed by atoms with Gasteiger partial charge < -0.3 is 4.74 Å². The second-order valence-electron chi connectivity index (χ2n) is 7.02. The van der Waals surface area contributed by atoms with Crippen LogP contribution in [0.4, 0.5) is 0 Å². The molecule has 2 aliphatic rings. The molecule has 0 aromatic carbocycles. The fourth-order valence-electron chi connectivity index (χ4n) is 3.89. The molecule has 1 saturated carbocycles. The molecule has 1 spiro atoms. The van der Waals surface area contributed by atoms with Crippen molar-refractivity contribution in [3.05, 3.63) is 0 Å². The minimum absolute atomic E-state index is 0.270. The van der Waals surface area contributed by atoms with Crippen molar-refractivity contribution in [2.45, 2.75) is 89.2 Å². The van der Waals surface area contributed by atoms with Crippen LogP contribution in [-0.4, -0.2) is 17.1 Å². The molecular formula is C15H27ClO. The van der Waals surface area contributed by atoms with E-state index in [1.165, 1.54) is 44.9 Å². The first-order valence-corrected chi connectivity index (χ1v) is 7.66. The van der Waals surface area contributed by atoms with Crippen molar-refractivity contribution < 1.29 is 4.74 Å². The third-order valence-corrected chi connectivity index (χ3v) is 4.62. The van der Waals surface area contributed by atoms with Gasteiger partial charge in [0.2, 0.25) is 0 Å². The Morgan fingerprint density at radius 2 is 1.94 bits per heavy atom. The fraction of sp³-hybridized carbons (Fsp3) is 1.00. The van der Waals surface area contributed by atoms with Crippen LogP contribution in [0.25, 0.3) is 0 Å². The highest BCUT2D eigenvalue weighted by Crippen LogP contribution is 2.46. The smallest absolute Gasteiger partial charge is 0.0687 e. The van der Waals surface area contributed by atoms with Gasteiger partial charge in [-0.2, -0.15) is 0 Å². The molecule has 0 amide bonds. The van der Waals surface area contributed by atoms with Gasteiger partial charge in [0.05, 0.1) is 11.7 Å². The van der Waals surface area contributed by atoms with Crippen LogP contribution in [0, 0.1) is 5.41 Å². The first kappa shape index (κ1) is 13.7. The third-order valence-electron chi connectivity index (χ3n) is 4.47. The van der Waals surface area contributed by atoms with Crippen molar-refractivity contribution in [1.82, 2.24) is 0 Å². The van der Waals surface area contributed by atoms with Crippen LogP contribution < -0.4 is 0 Å². The molecule has 2 heteroatoms. The minimum Gasteiger partial charge on any atom is -0.372 e. The van der Waals surface area contributed by atoms with E-state index in [1.807, 2.05) is 0 Å². The average molecular weight is 259 g/mol. The SMILES string of the molecule is CC(Cl)CC(C)(C)CC1CCC2(CCCC2)O1. The fourth-order valence-corrected chi connectivity index (χ4v) is 4.31. The molecule has 0 aromatic rings. The Morgan fingerprint density at radius 3 is 2.53 bits per heavy atom. The van der Waals surface area contributed by atoms with Gasteiger partial charge >= 0.3 is 0 Å². The minimum atomic E-state index is 0.270. The van der Waals surface area contributed by atoms with Gasteiger partial charge in [-0.3, -0.25) is 0 Å². The number of rotatable bonds is 4. The maximum absolute atomic E-state index is 6.38. The highest BCUT2D eigenvalue weighted by molar-refractivity contribution is 6.20. The summed E-state index contributed by atoms with van der Waals surface area (Å²) in [6.07, 6.45) is 10.6. The molecule has 1 saturated heterocycles. The second-order valence-corrected chi connectivity index (χ2v) is 7.77. The first-order chi connectivity index (χ1) is 7.91. The molecular weight excluding hydrogens is 232 g/mol. The van der Waals surface area contributed by atoms with Gasteiger partial charge in [0.25, 0.3) is 0 Å². The van der Waals surface area contributed by atoms with E-state index >= 15 is 0 Å². The Morgan fingerprint density at radius 1 is 1.29 bits per heavy atom. The summed E-state index contributed by atoms with van der Waals surface area (Å²) in [7, 11) is 0. The van der Waals surface area contributed by atoms with Crippen LogP contribution in [0.3, 0.4) is 0 Å². The highest BCUT2D eigenvalue weighted by Gasteiger charge is 2.43. The van der Waals surface area contributed by atoms with E-state index in [0.717, 1.165) is 6.42 Å². The Balaban J connectivity index is 1.84. The zero-order valence-corrected chi connectivity index (χ0v) is 12.4. The quantitative estimate of drug-likeness (QED) is 0.651. The van der Waals surface area contributed by atoms with E-state index in [4.69, 9.17) is 16.3 Å². The molecule has 2 rings (SSSR count). The Kier molecular flexibility index (Phi) is 4.09. The Bertz CT molecular complexity index is 254. The summed E-state index contributed by atoms with van der Waals surface area (Å²) in [5.41, 5.74) is 0.600. The number of alkyl halides is 1. The van der Waals surface area contributed by atoms with E-state index in [0.29, 0.717) is 11.5 Å². The van der Waals surface area contributed by atoms with Gasteiger partial charge in [-0.1, -0.05) is 26.7 Å². The van der Waals surface area contributed by atoms with Gasteiger partial charge in [0.1, 0.15) is 0 Å². The van der Waals surface area contributed by atoms with Crippen LogP contribution >= 0.6 is 11.6 Å². The molecule has 2 unspecified atom stereocenters. The molecule has 17 heavy (non-hydrogen) atoms. The van der Waals surface area contributed by atoms with E-state index < -0.39 is 0 Å². The summed E-state index contributed by atoms with van der Waals surface area (Å²) >= 11 is 6.13. The van der Waals surface area contributed by atoms with Crippen molar-refractivity contribution in [2.24, 2.45) is 5.41 Å². The lowest BCUT2D eigenvalue weighted by Crippen LogP contribution is -2.28. The van der Waals surface area contributed by atoms with Crippen LogP contribution in [0.2, 0.25) is 0 Å². The highest BCUT2D eigenvalue weighted by atomic mass is 35.5. The lowest BCUT2D eigenvalue weighted by atomic mass is 9.82. The predicted molar refractivity (Wildman–Crippen MR) is 73.6 cm³/mol. The van der Waals surface area contributed by atoms with Gasteiger partial charge in [-0.25, -0.2) is 0 Å². The maximum Gasteiger partial charge on any atom is 0.0687 e. The monoisotopic (exact) mass is 258 g/mol. The van der Waals surface area contributed by atoms with Crippen molar-refractivity contribution in [2.75, 3.05) is 0 Å². The van der Waals surface area contributed by atoms with Crippen LogP contribution in [-0.2, 0) is 4.74 Å². The third kappa shape index (κ3) is 3.61. The molecule has 0 aromatic heterocycles. The zero-order chi connectivity index (χ0) is 12.5. The van der Waals surface area contributed by atoms with Crippen molar-refractivity contribution in [3.63, 3.8) is 0 Å². The van der Waals surface area contributed by atoms with E-state index in [2.05, 4.69) is 20.8 Å². The maximum atomic E-state index is 6.38. The number of halogens is 1. The predicted octanol–water partition coefficient (Wildman–Crippen LogP) is 4.91. The summed E-state index contributed by atoms with van der Waals surface area (Å²) in [6, 6.07) is 0. The van der Waals surface area contributed by atoms with Crippen molar-refractivity contribution in [3.8, 4) is 0 Å². The summed E-state index contributed by atoms with van der Waals surface area (Å²) < 4.78 is 6.38. The molecule has 1 aliphatic heterocycles. The van der Waals surface area contributed by atoms with Gasteiger partial charge in [-0.05, 0) is 50.9 Å². The Hall–Kier alpha value is 0.250. The molecule has 0 radical (unpaired) electrons. The first-order valence-electron chi connectivity index (χ1n) is 7.23. The lowest BCUT2D eigenvalue weighted by Gasteiger charge is -2.30. The van der Waals surface area contributed by atoms with Crippen LogP contribution in [0.5, 0.6) is 0 Å². The van der Waals surface area contributed by atoms with Crippen LogP contribution in [0.1, 0.15) is 72.1 Å². The zero-order valence-electron chi connectivity index (χ0n) is 11.6. The molecule has 0 bridgehead atoms. The van der Waals surface area contributed by atoms with Crippen LogP contribution in [0.15, 0.2) is 0 Å². The summed E-state index contributed by atoms with van der Waals surface area (Å²) in [4.78, 5) is 0. The normalized spacial score (nSPS) is 30.0. The molecule has 1 nitrogen and oxygen atoms in total. The second kappa shape index (κ2) is 5.09. The average Bonchev–Trinajstić information content (AvgIpc) is 2.75. The topological polar surface area (TPSA) is 9.23 Å².